The lowest BCUT2D eigenvalue weighted by atomic mass is 9.71. The molecule has 0 saturated carbocycles. The average molecular weight is 447 g/mol. The molecule has 2 aromatic heterocycles. The second-order valence-electron chi connectivity index (χ2n) is 9.31. The molecule has 1 amide bonds. The van der Waals surface area contributed by atoms with Gasteiger partial charge in [0.05, 0.1) is 18.0 Å². The van der Waals surface area contributed by atoms with Gasteiger partial charge in [-0.05, 0) is 42.7 Å². The number of nitrogens with zero attached hydrogens (tertiary/aromatic N) is 5. The summed E-state index contributed by atoms with van der Waals surface area (Å²) >= 11 is 0. The van der Waals surface area contributed by atoms with Crippen LogP contribution in [0.4, 0.5) is 5.82 Å². The van der Waals surface area contributed by atoms with Gasteiger partial charge in [-0.25, -0.2) is 4.98 Å². The van der Waals surface area contributed by atoms with E-state index in [4.69, 9.17) is 0 Å². The van der Waals surface area contributed by atoms with Gasteiger partial charge in [-0.1, -0.05) is 31.2 Å². The first-order valence-electron chi connectivity index (χ1n) is 11.7. The summed E-state index contributed by atoms with van der Waals surface area (Å²) in [7, 11) is 0. The van der Waals surface area contributed by atoms with E-state index >= 15 is 0 Å². The highest BCUT2D eigenvalue weighted by atomic mass is 16.3. The number of anilines is 1. The van der Waals surface area contributed by atoms with Crippen LogP contribution in [-0.2, 0) is 6.42 Å². The van der Waals surface area contributed by atoms with Crippen LogP contribution in [0.15, 0.2) is 48.9 Å². The first-order valence-corrected chi connectivity index (χ1v) is 11.7. The number of aliphatic hydroxyl groups is 1. The Morgan fingerprint density at radius 1 is 1.21 bits per heavy atom. The molecule has 1 spiro atoms. The van der Waals surface area contributed by atoms with Crippen LogP contribution in [-0.4, -0.2) is 68.4 Å². The molecular formula is C25H30N6O2. The van der Waals surface area contributed by atoms with Crippen molar-refractivity contribution in [3.63, 3.8) is 0 Å². The number of amides is 1. The monoisotopic (exact) mass is 446 g/mol. The maximum atomic E-state index is 13.1. The molecule has 2 aliphatic rings. The lowest BCUT2D eigenvalue weighted by molar-refractivity contribution is 0.0244. The summed E-state index contributed by atoms with van der Waals surface area (Å²) in [6.07, 6.45) is 8.14. The standard InChI is InChI=1S/C25H30N6O2/c1-2-18-3-5-19(6-4-18)21-13-22(29-28-21)24(33)30-11-7-25(8-12-30)14-20(32)16-31(17-25)23-15-26-9-10-27-23/h3-6,9-10,13,15,20,32H,2,7-8,11-12,14,16-17H2,1H3,(H,28,29). The normalized spacial score (nSPS) is 20.2. The first-order chi connectivity index (χ1) is 16.0. The molecule has 2 N–H and O–H groups in total. The van der Waals surface area contributed by atoms with Gasteiger partial charge in [0, 0.05) is 44.1 Å². The topological polar surface area (TPSA) is 98.2 Å². The quantitative estimate of drug-likeness (QED) is 0.640. The number of piperidine rings is 2. The smallest absolute Gasteiger partial charge is 0.271 e. The minimum Gasteiger partial charge on any atom is -0.391 e. The van der Waals surface area contributed by atoms with Crippen LogP contribution in [0, 0.1) is 5.41 Å². The second kappa shape index (κ2) is 8.94. The lowest BCUT2D eigenvalue weighted by Crippen LogP contribution is -2.54. The zero-order valence-corrected chi connectivity index (χ0v) is 18.9. The molecular weight excluding hydrogens is 416 g/mol. The van der Waals surface area contributed by atoms with Crippen molar-refractivity contribution in [2.45, 2.75) is 38.7 Å². The summed E-state index contributed by atoms with van der Waals surface area (Å²) in [6, 6.07) is 10.1. The summed E-state index contributed by atoms with van der Waals surface area (Å²) in [5, 5.41) is 17.9. The summed E-state index contributed by atoms with van der Waals surface area (Å²) in [4.78, 5) is 25.8. The fourth-order valence-electron chi connectivity index (χ4n) is 5.19. The molecule has 0 radical (unpaired) electrons. The molecule has 2 fully saturated rings. The molecule has 8 nitrogen and oxygen atoms in total. The molecule has 2 saturated heterocycles. The van der Waals surface area contributed by atoms with Crippen molar-refractivity contribution < 1.29 is 9.90 Å². The number of hydrogen-bond acceptors (Lipinski definition) is 6. The van der Waals surface area contributed by atoms with Crippen LogP contribution in [0.2, 0.25) is 0 Å². The number of carbonyl (C=O) groups excluding carboxylic acids is 1. The van der Waals surface area contributed by atoms with Crippen LogP contribution < -0.4 is 4.90 Å². The number of H-pyrrole nitrogens is 1. The van der Waals surface area contributed by atoms with E-state index in [1.807, 2.05) is 23.1 Å². The minimum absolute atomic E-state index is 0.0177. The van der Waals surface area contributed by atoms with Gasteiger partial charge >= 0.3 is 0 Å². The van der Waals surface area contributed by atoms with Crippen LogP contribution in [0.3, 0.4) is 0 Å². The van der Waals surface area contributed by atoms with Gasteiger partial charge in [0.25, 0.3) is 5.91 Å². The van der Waals surface area contributed by atoms with E-state index in [-0.39, 0.29) is 11.3 Å². The van der Waals surface area contributed by atoms with Gasteiger partial charge in [-0.15, -0.1) is 0 Å². The molecule has 4 heterocycles. The van der Waals surface area contributed by atoms with E-state index in [0.29, 0.717) is 25.3 Å². The Balaban J connectivity index is 1.24. The van der Waals surface area contributed by atoms with E-state index in [2.05, 4.69) is 44.1 Å². The molecule has 33 heavy (non-hydrogen) atoms. The Bertz CT molecular complexity index is 1090. The Hall–Kier alpha value is -3.26. The van der Waals surface area contributed by atoms with Crippen molar-refractivity contribution in [3.05, 3.63) is 60.2 Å². The maximum Gasteiger partial charge on any atom is 0.271 e. The zero-order chi connectivity index (χ0) is 22.8. The molecule has 5 rings (SSSR count). The Labute approximate surface area is 193 Å². The molecule has 1 atom stereocenters. The number of aromatic amines is 1. The highest BCUT2D eigenvalue weighted by Gasteiger charge is 2.43. The van der Waals surface area contributed by atoms with E-state index in [0.717, 1.165) is 49.3 Å². The van der Waals surface area contributed by atoms with Gasteiger partial charge in [0.15, 0.2) is 0 Å². The summed E-state index contributed by atoms with van der Waals surface area (Å²) in [5.74, 6) is 0.780. The predicted octanol–water partition coefficient (Wildman–Crippen LogP) is 2.92. The van der Waals surface area contributed by atoms with Crippen LogP contribution in [0.25, 0.3) is 11.3 Å². The molecule has 1 unspecified atom stereocenters. The molecule has 172 valence electrons. The van der Waals surface area contributed by atoms with E-state index in [9.17, 15) is 9.90 Å². The minimum atomic E-state index is -0.405. The zero-order valence-electron chi connectivity index (χ0n) is 18.9. The van der Waals surface area contributed by atoms with Crippen molar-refractivity contribution in [2.75, 3.05) is 31.1 Å². The third-order valence-corrected chi connectivity index (χ3v) is 7.08. The van der Waals surface area contributed by atoms with Crippen molar-refractivity contribution in [2.24, 2.45) is 5.41 Å². The van der Waals surface area contributed by atoms with Gasteiger partial charge in [-0.3, -0.25) is 14.9 Å². The molecule has 0 bridgehead atoms. The highest BCUT2D eigenvalue weighted by Crippen LogP contribution is 2.41. The summed E-state index contributed by atoms with van der Waals surface area (Å²) in [5.41, 5.74) is 3.56. The predicted molar refractivity (Wildman–Crippen MR) is 126 cm³/mol. The molecule has 2 aliphatic heterocycles. The average Bonchev–Trinajstić information content (AvgIpc) is 3.35. The lowest BCUT2D eigenvalue weighted by Gasteiger charge is -2.49. The number of likely N-dealkylation sites (tertiary alicyclic amines) is 1. The van der Waals surface area contributed by atoms with E-state index in [1.165, 1.54) is 5.56 Å². The molecule has 1 aromatic carbocycles. The largest absolute Gasteiger partial charge is 0.391 e. The van der Waals surface area contributed by atoms with E-state index in [1.54, 1.807) is 18.6 Å². The third-order valence-electron chi connectivity index (χ3n) is 7.08. The number of hydrogen-bond donors (Lipinski definition) is 2. The van der Waals surface area contributed by atoms with Crippen molar-refractivity contribution in [1.29, 1.82) is 0 Å². The Morgan fingerprint density at radius 3 is 2.70 bits per heavy atom. The summed E-state index contributed by atoms with van der Waals surface area (Å²) in [6.45, 7) is 4.86. The Kier molecular flexibility index (Phi) is 5.85. The molecule has 8 heteroatoms. The fourth-order valence-corrected chi connectivity index (χ4v) is 5.19. The highest BCUT2D eigenvalue weighted by molar-refractivity contribution is 5.93. The molecule has 3 aromatic rings. The Morgan fingerprint density at radius 2 is 2.00 bits per heavy atom. The number of aryl methyl sites for hydroxylation is 1. The number of carbonyl (C=O) groups is 1. The number of aliphatic hydroxyl groups excluding tert-OH is 1. The van der Waals surface area contributed by atoms with E-state index < -0.39 is 6.10 Å². The van der Waals surface area contributed by atoms with Crippen LogP contribution in [0.5, 0.6) is 0 Å². The van der Waals surface area contributed by atoms with Gasteiger partial charge in [0.2, 0.25) is 0 Å². The van der Waals surface area contributed by atoms with Gasteiger partial charge in [-0.2, -0.15) is 5.10 Å². The van der Waals surface area contributed by atoms with Crippen molar-refractivity contribution in [3.8, 4) is 11.3 Å². The summed E-state index contributed by atoms with van der Waals surface area (Å²) < 4.78 is 0. The van der Waals surface area contributed by atoms with Crippen molar-refractivity contribution >= 4 is 11.7 Å². The number of nitrogens with one attached hydrogen (secondary N) is 1. The number of aromatic nitrogens is 4. The van der Waals surface area contributed by atoms with Crippen LogP contribution in [0.1, 0.15) is 42.2 Å². The number of β-amino-alcohol motifs (C(OH)–C–C–N with tert-alkyl or cyclic N) is 1. The number of rotatable bonds is 4. The van der Waals surface area contributed by atoms with Gasteiger partial charge in [0.1, 0.15) is 11.5 Å². The first kappa shape index (κ1) is 21.6. The molecule has 0 aliphatic carbocycles. The fraction of sp³-hybridized carbons (Fsp3) is 0.440. The van der Waals surface area contributed by atoms with Gasteiger partial charge < -0.3 is 14.9 Å². The second-order valence-corrected chi connectivity index (χ2v) is 9.31. The van der Waals surface area contributed by atoms with Crippen molar-refractivity contribution in [1.82, 2.24) is 25.1 Å². The SMILES string of the molecule is CCc1ccc(-c2cc(C(=O)N3CCC4(CC3)CC(O)CN(c3cnccn3)C4)[nH]n2)cc1. The number of benzene rings is 1. The third kappa shape index (κ3) is 4.48. The maximum absolute atomic E-state index is 13.1. The van der Waals surface area contributed by atoms with Crippen LogP contribution >= 0.6 is 0 Å².